The van der Waals surface area contributed by atoms with Crippen molar-refractivity contribution < 1.29 is 15.0 Å². The summed E-state index contributed by atoms with van der Waals surface area (Å²) in [6.45, 7) is -0.439. The zero-order valence-corrected chi connectivity index (χ0v) is 8.86. The van der Waals surface area contributed by atoms with E-state index in [4.69, 9.17) is 10.2 Å². The van der Waals surface area contributed by atoms with E-state index in [-0.39, 0.29) is 0 Å². The summed E-state index contributed by atoms with van der Waals surface area (Å²) in [5, 5.41) is 20.1. The fourth-order valence-electron chi connectivity index (χ4n) is 0.933. The van der Waals surface area contributed by atoms with Gasteiger partial charge in [0, 0.05) is 10.2 Å². The van der Waals surface area contributed by atoms with Crippen molar-refractivity contribution in [2.75, 3.05) is 11.9 Å². The predicted molar refractivity (Wildman–Crippen MR) is 56.3 cm³/mol. The van der Waals surface area contributed by atoms with Gasteiger partial charge in [-0.2, -0.15) is 0 Å². The maximum absolute atomic E-state index is 10.6. The lowest BCUT2D eigenvalue weighted by molar-refractivity contribution is -0.138. The van der Waals surface area contributed by atoms with E-state index in [9.17, 15) is 4.79 Å². The number of carbonyl (C=O) groups is 1. The van der Waals surface area contributed by atoms with Crippen molar-refractivity contribution in [2.45, 2.75) is 6.04 Å². The Morgan fingerprint density at radius 2 is 2.00 bits per heavy atom. The van der Waals surface area contributed by atoms with Crippen LogP contribution in [0.4, 0.5) is 5.69 Å². The van der Waals surface area contributed by atoms with Crippen LogP contribution in [-0.2, 0) is 4.79 Å². The van der Waals surface area contributed by atoms with Crippen LogP contribution in [0.5, 0.6) is 0 Å². The molecule has 0 saturated heterocycles. The number of halogens is 1. The van der Waals surface area contributed by atoms with Crippen LogP contribution < -0.4 is 5.32 Å². The van der Waals surface area contributed by atoms with Crippen molar-refractivity contribution >= 4 is 27.6 Å². The topological polar surface area (TPSA) is 69.6 Å². The van der Waals surface area contributed by atoms with Gasteiger partial charge >= 0.3 is 5.97 Å². The average molecular weight is 260 g/mol. The van der Waals surface area contributed by atoms with Gasteiger partial charge in [0.1, 0.15) is 6.04 Å². The molecule has 76 valence electrons. The van der Waals surface area contributed by atoms with E-state index in [1.807, 2.05) is 0 Å². The Labute approximate surface area is 89.7 Å². The third-order valence-electron chi connectivity index (χ3n) is 1.67. The lowest BCUT2D eigenvalue weighted by atomic mass is 10.2. The molecule has 0 amide bonds. The van der Waals surface area contributed by atoms with Crippen molar-refractivity contribution in [3.05, 3.63) is 28.7 Å². The molecule has 0 aliphatic heterocycles. The van der Waals surface area contributed by atoms with Gasteiger partial charge in [0.2, 0.25) is 0 Å². The van der Waals surface area contributed by atoms with E-state index in [0.29, 0.717) is 5.69 Å². The number of carboxylic acid groups (broad SMARTS) is 1. The molecule has 0 fully saturated rings. The van der Waals surface area contributed by atoms with Crippen molar-refractivity contribution in [1.29, 1.82) is 0 Å². The largest absolute Gasteiger partial charge is 0.480 e. The maximum atomic E-state index is 10.6. The quantitative estimate of drug-likeness (QED) is 0.763. The van der Waals surface area contributed by atoms with Crippen LogP contribution in [0.2, 0.25) is 0 Å². The molecule has 0 aliphatic carbocycles. The van der Waals surface area contributed by atoms with Crippen molar-refractivity contribution in [3.8, 4) is 0 Å². The van der Waals surface area contributed by atoms with Crippen LogP contribution in [-0.4, -0.2) is 28.8 Å². The molecule has 1 atom stereocenters. The summed E-state index contributed by atoms with van der Waals surface area (Å²) in [5.41, 5.74) is 0.662. The second kappa shape index (κ2) is 4.97. The highest BCUT2D eigenvalue weighted by Crippen LogP contribution is 2.14. The second-order valence-corrected chi connectivity index (χ2v) is 3.64. The number of hydrogen-bond donors (Lipinski definition) is 3. The van der Waals surface area contributed by atoms with Crippen LogP contribution in [0.25, 0.3) is 0 Å². The van der Waals surface area contributed by atoms with E-state index in [2.05, 4.69) is 21.2 Å². The lowest BCUT2D eigenvalue weighted by Crippen LogP contribution is -2.32. The van der Waals surface area contributed by atoms with Crippen molar-refractivity contribution in [2.24, 2.45) is 0 Å². The molecule has 0 heterocycles. The van der Waals surface area contributed by atoms with Gasteiger partial charge in [-0.3, -0.25) is 0 Å². The summed E-state index contributed by atoms with van der Waals surface area (Å²) < 4.78 is 0.916. The van der Waals surface area contributed by atoms with Gasteiger partial charge in [0.05, 0.1) is 6.61 Å². The Morgan fingerprint density at radius 3 is 2.43 bits per heavy atom. The molecular weight excluding hydrogens is 250 g/mol. The first-order chi connectivity index (χ1) is 6.63. The fourth-order valence-corrected chi connectivity index (χ4v) is 1.20. The van der Waals surface area contributed by atoms with E-state index < -0.39 is 18.6 Å². The standard InChI is InChI=1S/C9H10BrNO3/c10-6-1-3-7(4-2-6)11-8(5-12)9(13)14/h1-4,8,11-12H,5H2,(H,13,14). The van der Waals surface area contributed by atoms with Gasteiger partial charge < -0.3 is 15.5 Å². The molecular formula is C9H10BrNO3. The monoisotopic (exact) mass is 259 g/mol. The predicted octanol–water partition coefficient (Wildman–Crippen LogP) is 1.31. The van der Waals surface area contributed by atoms with Gasteiger partial charge in [-0.15, -0.1) is 0 Å². The molecule has 0 spiro atoms. The molecule has 0 bridgehead atoms. The lowest BCUT2D eigenvalue weighted by Gasteiger charge is -2.12. The summed E-state index contributed by atoms with van der Waals surface area (Å²) >= 11 is 3.26. The highest BCUT2D eigenvalue weighted by atomic mass is 79.9. The number of aliphatic hydroxyl groups is 1. The Hall–Kier alpha value is -1.07. The molecule has 1 rings (SSSR count). The van der Waals surface area contributed by atoms with Crippen LogP contribution in [0.1, 0.15) is 0 Å². The van der Waals surface area contributed by atoms with E-state index in [1.54, 1.807) is 24.3 Å². The Bertz CT molecular complexity index is 312. The molecule has 5 heteroatoms. The number of nitrogens with one attached hydrogen (secondary N) is 1. The Kier molecular flexibility index (Phi) is 3.91. The van der Waals surface area contributed by atoms with Crippen LogP contribution >= 0.6 is 15.9 Å². The second-order valence-electron chi connectivity index (χ2n) is 2.72. The molecule has 3 N–H and O–H groups in total. The first-order valence-corrected chi connectivity index (χ1v) is 4.78. The molecule has 0 aliphatic rings. The molecule has 0 saturated carbocycles. The molecule has 1 aromatic carbocycles. The molecule has 1 aromatic rings. The van der Waals surface area contributed by atoms with Gasteiger partial charge in [-0.25, -0.2) is 4.79 Å². The summed E-state index contributed by atoms with van der Waals surface area (Å²) in [6.07, 6.45) is 0. The normalized spacial score (nSPS) is 12.1. The van der Waals surface area contributed by atoms with Gasteiger partial charge in [0.25, 0.3) is 0 Å². The molecule has 14 heavy (non-hydrogen) atoms. The fraction of sp³-hybridized carbons (Fsp3) is 0.222. The summed E-state index contributed by atoms with van der Waals surface area (Å²) in [4.78, 5) is 10.6. The zero-order chi connectivity index (χ0) is 10.6. The Balaban J connectivity index is 2.67. The first kappa shape index (κ1) is 11.0. The SMILES string of the molecule is O=C(O)C(CO)Nc1ccc(Br)cc1. The van der Waals surface area contributed by atoms with Gasteiger partial charge in [0.15, 0.2) is 0 Å². The van der Waals surface area contributed by atoms with Crippen molar-refractivity contribution in [3.63, 3.8) is 0 Å². The van der Waals surface area contributed by atoms with Crippen molar-refractivity contribution in [1.82, 2.24) is 0 Å². The van der Waals surface area contributed by atoms with E-state index in [1.165, 1.54) is 0 Å². The third kappa shape index (κ3) is 3.01. The first-order valence-electron chi connectivity index (χ1n) is 3.99. The summed E-state index contributed by atoms with van der Waals surface area (Å²) in [5.74, 6) is -1.07. The van der Waals surface area contributed by atoms with Crippen LogP contribution in [0, 0.1) is 0 Å². The molecule has 4 nitrogen and oxygen atoms in total. The number of aliphatic carboxylic acids is 1. The number of aliphatic hydroxyl groups excluding tert-OH is 1. The van der Waals surface area contributed by atoms with Gasteiger partial charge in [-0.05, 0) is 24.3 Å². The molecule has 0 aromatic heterocycles. The summed E-state index contributed by atoms with van der Waals surface area (Å²) in [6, 6.07) is 6.08. The smallest absolute Gasteiger partial charge is 0.328 e. The number of hydrogen-bond acceptors (Lipinski definition) is 3. The minimum absolute atomic E-state index is 0.439. The minimum atomic E-state index is -1.07. The molecule has 0 radical (unpaired) electrons. The van der Waals surface area contributed by atoms with Gasteiger partial charge in [-0.1, -0.05) is 15.9 Å². The average Bonchev–Trinajstić information content (AvgIpc) is 2.16. The van der Waals surface area contributed by atoms with Crippen LogP contribution in [0.3, 0.4) is 0 Å². The third-order valence-corrected chi connectivity index (χ3v) is 2.19. The number of anilines is 1. The number of carboxylic acids is 1. The number of rotatable bonds is 4. The zero-order valence-electron chi connectivity index (χ0n) is 7.27. The maximum Gasteiger partial charge on any atom is 0.328 e. The van der Waals surface area contributed by atoms with Crippen LogP contribution in [0.15, 0.2) is 28.7 Å². The highest BCUT2D eigenvalue weighted by Gasteiger charge is 2.14. The highest BCUT2D eigenvalue weighted by molar-refractivity contribution is 9.10. The number of benzene rings is 1. The van der Waals surface area contributed by atoms with E-state index >= 15 is 0 Å². The molecule has 1 unspecified atom stereocenters. The Morgan fingerprint density at radius 1 is 1.43 bits per heavy atom. The summed E-state index contributed by atoms with van der Waals surface area (Å²) in [7, 11) is 0. The minimum Gasteiger partial charge on any atom is -0.480 e. The van der Waals surface area contributed by atoms with E-state index in [0.717, 1.165) is 4.47 Å².